The molecule has 0 radical (unpaired) electrons. The summed E-state index contributed by atoms with van der Waals surface area (Å²) in [6, 6.07) is 0. The largest absolute Gasteiger partial charge is 0.389 e. The summed E-state index contributed by atoms with van der Waals surface area (Å²) in [7, 11) is 0. The maximum atomic E-state index is 9.31. The number of nitrogens with zero attached hydrogens (tertiary/aromatic N) is 2. The molecule has 0 fully saturated rings. The average Bonchev–Trinajstić information content (AvgIpc) is 2.05. The summed E-state index contributed by atoms with van der Waals surface area (Å²) in [6.07, 6.45) is 5.71. The van der Waals surface area contributed by atoms with Gasteiger partial charge in [-0.15, -0.1) is 0 Å². The van der Waals surface area contributed by atoms with E-state index in [-0.39, 0.29) is 6.10 Å². The fraction of sp³-hybridized carbons (Fsp3) is 0.444. The molecule has 1 atom stereocenters. The molecule has 64 valence electrons. The third kappa shape index (κ3) is 1.28. The fourth-order valence-corrected chi connectivity index (χ4v) is 1.39. The molecule has 1 N–H and O–H groups in total. The van der Waals surface area contributed by atoms with E-state index in [9.17, 15) is 5.11 Å². The zero-order valence-electron chi connectivity index (χ0n) is 7.07. The minimum absolute atomic E-state index is 0.315. The van der Waals surface area contributed by atoms with Crippen molar-refractivity contribution in [3.63, 3.8) is 0 Å². The van der Waals surface area contributed by atoms with Crippen LogP contribution < -0.4 is 0 Å². The van der Waals surface area contributed by atoms with Crippen molar-refractivity contribution in [1.29, 1.82) is 0 Å². The van der Waals surface area contributed by atoms with E-state index >= 15 is 0 Å². The summed E-state index contributed by atoms with van der Waals surface area (Å²) >= 11 is 0. The van der Waals surface area contributed by atoms with Crippen LogP contribution in [0.2, 0.25) is 0 Å². The van der Waals surface area contributed by atoms with Crippen LogP contribution in [0, 0.1) is 0 Å². The van der Waals surface area contributed by atoms with Crippen LogP contribution in [-0.4, -0.2) is 35.0 Å². The fourth-order valence-electron chi connectivity index (χ4n) is 1.39. The van der Waals surface area contributed by atoms with Crippen molar-refractivity contribution in [1.82, 2.24) is 4.90 Å². The van der Waals surface area contributed by atoms with Crippen molar-refractivity contribution in [3.8, 4) is 0 Å². The zero-order chi connectivity index (χ0) is 8.55. The van der Waals surface area contributed by atoms with Crippen LogP contribution in [0.4, 0.5) is 0 Å². The van der Waals surface area contributed by atoms with Gasteiger partial charge in [-0.05, 0) is 24.6 Å². The number of fused-ring (bicyclic) bond motifs is 1. The van der Waals surface area contributed by atoms with Crippen molar-refractivity contribution >= 4 is 5.84 Å². The van der Waals surface area contributed by atoms with Gasteiger partial charge in [0.25, 0.3) is 0 Å². The van der Waals surface area contributed by atoms with Crippen molar-refractivity contribution < 1.29 is 5.11 Å². The molecule has 2 heterocycles. The van der Waals surface area contributed by atoms with Gasteiger partial charge in [-0.2, -0.15) is 0 Å². The molecule has 3 nitrogen and oxygen atoms in total. The van der Waals surface area contributed by atoms with Gasteiger partial charge in [-0.3, -0.25) is 4.99 Å². The summed E-state index contributed by atoms with van der Waals surface area (Å²) in [5, 5.41) is 9.31. The first-order valence-corrected chi connectivity index (χ1v) is 4.11. The van der Waals surface area contributed by atoms with Gasteiger partial charge < -0.3 is 10.0 Å². The minimum Gasteiger partial charge on any atom is -0.389 e. The van der Waals surface area contributed by atoms with Crippen LogP contribution in [0.25, 0.3) is 0 Å². The first-order chi connectivity index (χ1) is 5.75. The second kappa shape index (κ2) is 2.75. The highest BCUT2D eigenvalue weighted by atomic mass is 16.3. The van der Waals surface area contributed by atoms with E-state index in [2.05, 4.69) is 4.99 Å². The average molecular weight is 164 g/mol. The lowest BCUT2D eigenvalue weighted by Gasteiger charge is -2.29. The van der Waals surface area contributed by atoms with Crippen LogP contribution in [0.1, 0.15) is 6.92 Å². The van der Waals surface area contributed by atoms with E-state index in [1.807, 2.05) is 30.2 Å². The lowest BCUT2D eigenvalue weighted by atomic mass is 10.1. The van der Waals surface area contributed by atoms with Crippen LogP contribution in [0.3, 0.4) is 0 Å². The molecular formula is C9H12N2O. The van der Waals surface area contributed by atoms with Gasteiger partial charge in [0.1, 0.15) is 5.84 Å². The number of aliphatic hydroxyl groups is 1. The Morgan fingerprint density at radius 1 is 1.67 bits per heavy atom. The molecule has 0 aromatic heterocycles. The Labute approximate surface area is 71.7 Å². The van der Waals surface area contributed by atoms with Gasteiger partial charge in [0.05, 0.1) is 19.2 Å². The summed E-state index contributed by atoms with van der Waals surface area (Å²) in [4.78, 5) is 6.22. The Hall–Kier alpha value is -1.09. The Bertz CT molecular complexity index is 278. The number of hydrogen-bond acceptors (Lipinski definition) is 3. The van der Waals surface area contributed by atoms with Crippen LogP contribution in [0.15, 0.2) is 28.9 Å². The highest BCUT2D eigenvalue weighted by Crippen LogP contribution is 2.12. The second-order valence-corrected chi connectivity index (χ2v) is 3.21. The Balaban J connectivity index is 2.26. The van der Waals surface area contributed by atoms with Gasteiger partial charge in [-0.1, -0.05) is 0 Å². The Morgan fingerprint density at radius 3 is 3.33 bits per heavy atom. The molecule has 3 heteroatoms. The molecular weight excluding hydrogens is 152 g/mol. The smallest absolute Gasteiger partial charge is 0.127 e. The van der Waals surface area contributed by atoms with Gasteiger partial charge in [0.15, 0.2) is 0 Å². The van der Waals surface area contributed by atoms with E-state index in [4.69, 9.17) is 0 Å². The van der Waals surface area contributed by atoms with Gasteiger partial charge in [0.2, 0.25) is 0 Å². The van der Waals surface area contributed by atoms with Crippen LogP contribution in [0.5, 0.6) is 0 Å². The monoisotopic (exact) mass is 164 g/mol. The SMILES string of the molecule is CC1=CC2=NC[C@@H](O)CN2C=C1. The van der Waals surface area contributed by atoms with Gasteiger partial charge in [-0.25, -0.2) is 0 Å². The van der Waals surface area contributed by atoms with Crippen LogP contribution >= 0.6 is 0 Å². The maximum Gasteiger partial charge on any atom is 0.127 e. The Kier molecular flexibility index (Phi) is 1.73. The number of aliphatic hydroxyl groups excluding tert-OH is 1. The van der Waals surface area contributed by atoms with Crippen molar-refractivity contribution in [2.45, 2.75) is 13.0 Å². The number of rotatable bonds is 0. The first kappa shape index (κ1) is 7.55. The molecule has 0 aromatic carbocycles. The zero-order valence-corrected chi connectivity index (χ0v) is 7.07. The van der Waals surface area contributed by atoms with E-state index in [0.29, 0.717) is 13.1 Å². The molecule has 0 bridgehead atoms. The molecule has 2 aliphatic rings. The van der Waals surface area contributed by atoms with Gasteiger partial charge >= 0.3 is 0 Å². The third-order valence-electron chi connectivity index (χ3n) is 2.04. The molecule has 0 amide bonds. The standard InChI is InChI=1S/C9H12N2O/c1-7-2-3-11-6-8(12)5-10-9(11)4-7/h2-4,8,12H,5-6H2,1H3/t8-/m1/s1. The maximum absolute atomic E-state index is 9.31. The lowest BCUT2D eigenvalue weighted by Crippen LogP contribution is -2.39. The minimum atomic E-state index is -0.315. The summed E-state index contributed by atoms with van der Waals surface area (Å²) in [5.41, 5.74) is 1.21. The molecule has 2 aliphatic heterocycles. The Morgan fingerprint density at radius 2 is 2.50 bits per heavy atom. The van der Waals surface area contributed by atoms with E-state index in [1.165, 1.54) is 5.57 Å². The number of amidine groups is 1. The van der Waals surface area contributed by atoms with Gasteiger partial charge in [0, 0.05) is 6.20 Å². The predicted molar refractivity (Wildman–Crippen MR) is 47.9 cm³/mol. The molecule has 2 rings (SSSR count). The molecule has 0 aromatic rings. The van der Waals surface area contributed by atoms with E-state index < -0.39 is 0 Å². The molecule has 0 unspecified atom stereocenters. The first-order valence-electron chi connectivity index (χ1n) is 4.11. The summed E-state index contributed by atoms with van der Waals surface area (Å²) in [5.74, 6) is 0.973. The van der Waals surface area contributed by atoms with Crippen LogP contribution in [-0.2, 0) is 0 Å². The molecule has 0 saturated carbocycles. The summed E-state index contributed by atoms with van der Waals surface area (Å²) < 4.78 is 0. The number of hydrogen-bond donors (Lipinski definition) is 1. The highest BCUT2D eigenvalue weighted by molar-refractivity contribution is 5.96. The molecule has 0 aliphatic carbocycles. The van der Waals surface area contributed by atoms with E-state index in [0.717, 1.165) is 5.84 Å². The second-order valence-electron chi connectivity index (χ2n) is 3.21. The van der Waals surface area contributed by atoms with Crippen molar-refractivity contribution in [2.75, 3.05) is 13.1 Å². The molecule has 0 spiro atoms. The number of aliphatic imine (C=N–C) groups is 1. The number of allylic oxidation sites excluding steroid dienone is 2. The topological polar surface area (TPSA) is 35.8 Å². The highest BCUT2D eigenvalue weighted by Gasteiger charge is 2.19. The summed E-state index contributed by atoms with van der Waals surface area (Å²) in [6.45, 7) is 3.24. The molecule has 12 heavy (non-hydrogen) atoms. The van der Waals surface area contributed by atoms with E-state index in [1.54, 1.807) is 0 Å². The third-order valence-corrected chi connectivity index (χ3v) is 2.04. The lowest BCUT2D eigenvalue weighted by molar-refractivity contribution is 0.154. The quantitative estimate of drug-likeness (QED) is 0.567. The van der Waals surface area contributed by atoms with Crippen molar-refractivity contribution in [3.05, 3.63) is 23.9 Å². The van der Waals surface area contributed by atoms with Crippen molar-refractivity contribution in [2.24, 2.45) is 4.99 Å². The predicted octanol–water partition coefficient (Wildman–Crippen LogP) is 0.535. The molecule has 0 saturated heterocycles. The normalized spacial score (nSPS) is 27.8.